The maximum Gasteiger partial charge on any atom is 0.254 e. The zero-order chi connectivity index (χ0) is 15.5. The molecule has 0 spiro atoms. The highest BCUT2D eigenvalue weighted by atomic mass is 19.1. The number of benzene rings is 2. The molecule has 0 radical (unpaired) electrons. The maximum atomic E-state index is 13.3. The van der Waals surface area contributed by atoms with Crippen molar-refractivity contribution in [2.45, 2.75) is 13.0 Å². The predicted octanol–water partition coefficient (Wildman–Crippen LogP) is 3.18. The third-order valence-electron chi connectivity index (χ3n) is 4.07. The number of para-hydroxylation sites is 1. The zero-order valence-electron chi connectivity index (χ0n) is 12.6. The summed E-state index contributed by atoms with van der Waals surface area (Å²) in [6.45, 7) is 4.18. The molecule has 1 unspecified atom stereocenters. The van der Waals surface area contributed by atoms with E-state index < -0.39 is 0 Å². The van der Waals surface area contributed by atoms with E-state index in [4.69, 9.17) is 0 Å². The number of hydrogen-bond donors (Lipinski definition) is 0. The average Bonchev–Trinajstić information content (AvgIpc) is 2.55. The molecule has 1 atom stereocenters. The van der Waals surface area contributed by atoms with E-state index in [1.165, 1.54) is 17.8 Å². The Morgan fingerprint density at radius 1 is 1.09 bits per heavy atom. The molecule has 3 rings (SSSR count). The molecule has 0 N–H and O–H groups in total. The van der Waals surface area contributed by atoms with Crippen LogP contribution >= 0.6 is 0 Å². The molecule has 0 aromatic heterocycles. The Balaban J connectivity index is 1.71. The van der Waals surface area contributed by atoms with Gasteiger partial charge in [-0.2, -0.15) is 0 Å². The Morgan fingerprint density at radius 2 is 1.86 bits per heavy atom. The summed E-state index contributed by atoms with van der Waals surface area (Å²) in [5.41, 5.74) is 1.59. The summed E-state index contributed by atoms with van der Waals surface area (Å²) in [4.78, 5) is 16.6. The van der Waals surface area contributed by atoms with Crippen LogP contribution in [0.25, 0.3) is 0 Å². The van der Waals surface area contributed by atoms with E-state index in [9.17, 15) is 9.18 Å². The van der Waals surface area contributed by atoms with Crippen LogP contribution in [0.15, 0.2) is 54.6 Å². The monoisotopic (exact) mass is 298 g/mol. The van der Waals surface area contributed by atoms with Crippen molar-refractivity contribution in [3.63, 3.8) is 0 Å². The second-order valence-electron chi connectivity index (χ2n) is 5.64. The summed E-state index contributed by atoms with van der Waals surface area (Å²) < 4.78 is 13.3. The van der Waals surface area contributed by atoms with Gasteiger partial charge in [-0.3, -0.25) is 4.79 Å². The normalized spacial score (nSPS) is 18.4. The standard InChI is InChI=1S/C18H19FN2O/c1-14-13-20(18(22)15-6-5-7-16(19)12-15)10-11-21(14)17-8-3-2-4-9-17/h2-9,12,14H,10-11,13H2,1H3. The van der Waals surface area contributed by atoms with Gasteiger partial charge in [-0.1, -0.05) is 24.3 Å². The molecule has 4 heteroatoms. The Hall–Kier alpha value is -2.36. The third kappa shape index (κ3) is 2.96. The van der Waals surface area contributed by atoms with Gasteiger partial charge in [-0.05, 0) is 37.3 Å². The average molecular weight is 298 g/mol. The fourth-order valence-corrected chi connectivity index (χ4v) is 2.95. The maximum absolute atomic E-state index is 13.3. The lowest BCUT2D eigenvalue weighted by Gasteiger charge is -2.41. The molecule has 114 valence electrons. The number of carbonyl (C=O) groups is 1. The van der Waals surface area contributed by atoms with Gasteiger partial charge < -0.3 is 9.80 Å². The van der Waals surface area contributed by atoms with Crippen LogP contribution in [-0.4, -0.2) is 36.5 Å². The summed E-state index contributed by atoms with van der Waals surface area (Å²) in [5.74, 6) is -0.471. The molecule has 0 aliphatic carbocycles. The Bertz CT molecular complexity index is 659. The summed E-state index contributed by atoms with van der Waals surface area (Å²) in [5, 5.41) is 0. The van der Waals surface area contributed by atoms with Crippen molar-refractivity contribution in [1.29, 1.82) is 0 Å². The number of hydrogen-bond acceptors (Lipinski definition) is 2. The van der Waals surface area contributed by atoms with E-state index in [1.54, 1.807) is 17.0 Å². The highest BCUT2D eigenvalue weighted by molar-refractivity contribution is 5.94. The van der Waals surface area contributed by atoms with Crippen molar-refractivity contribution < 1.29 is 9.18 Å². The molecule has 3 nitrogen and oxygen atoms in total. The Kier molecular flexibility index (Phi) is 4.09. The minimum atomic E-state index is -0.373. The van der Waals surface area contributed by atoms with Crippen molar-refractivity contribution in [3.8, 4) is 0 Å². The first-order valence-electron chi connectivity index (χ1n) is 7.51. The van der Waals surface area contributed by atoms with E-state index in [2.05, 4.69) is 24.0 Å². The molecular formula is C18H19FN2O. The first-order valence-corrected chi connectivity index (χ1v) is 7.51. The van der Waals surface area contributed by atoms with Crippen LogP contribution in [0.1, 0.15) is 17.3 Å². The SMILES string of the molecule is CC1CN(C(=O)c2cccc(F)c2)CCN1c1ccccc1. The van der Waals surface area contributed by atoms with Gasteiger partial charge in [0.1, 0.15) is 5.82 Å². The van der Waals surface area contributed by atoms with E-state index in [0.29, 0.717) is 18.7 Å². The van der Waals surface area contributed by atoms with Crippen LogP contribution in [0.4, 0.5) is 10.1 Å². The van der Waals surface area contributed by atoms with Gasteiger partial charge in [-0.25, -0.2) is 4.39 Å². The van der Waals surface area contributed by atoms with Gasteiger partial charge in [0, 0.05) is 36.9 Å². The first kappa shape index (κ1) is 14.6. The topological polar surface area (TPSA) is 23.6 Å². The van der Waals surface area contributed by atoms with Gasteiger partial charge >= 0.3 is 0 Å². The Morgan fingerprint density at radius 3 is 2.55 bits per heavy atom. The lowest BCUT2D eigenvalue weighted by atomic mass is 10.1. The van der Waals surface area contributed by atoms with Gasteiger partial charge in [-0.15, -0.1) is 0 Å². The highest BCUT2D eigenvalue weighted by Gasteiger charge is 2.27. The van der Waals surface area contributed by atoms with Gasteiger partial charge in [0.05, 0.1) is 0 Å². The largest absolute Gasteiger partial charge is 0.365 e. The van der Waals surface area contributed by atoms with E-state index in [1.807, 2.05) is 18.2 Å². The molecule has 0 saturated carbocycles. The van der Waals surface area contributed by atoms with Gasteiger partial charge in [0.15, 0.2) is 0 Å². The number of halogens is 1. The summed E-state index contributed by atoms with van der Waals surface area (Å²) in [6, 6.07) is 16.3. The third-order valence-corrected chi connectivity index (χ3v) is 4.07. The molecule has 1 aliphatic rings. The molecule has 1 heterocycles. The minimum Gasteiger partial charge on any atom is -0.365 e. The molecule has 1 fully saturated rings. The van der Waals surface area contributed by atoms with Crippen molar-refractivity contribution in [3.05, 3.63) is 66.0 Å². The number of rotatable bonds is 2. The van der Waals surface area contributed by atoms with Crippen LogP contribution < -0.4 is 4.90 Å². The number of carbonyl (C=O) groups excluding carboxylic acids is 1. The van der Waals surface area contributed by atoms with E-state index in [0.717, 1.165) is 6.54 Å². The molecule has 1 saturated heterocycles. The predicted molar refractivity (Wildman–Crippen MR) is 85.6 cm³/mol. The summed E-state index contributed by atoms with van der Waals surface area (Å²) >= 11 is 0. The van der Waals surface area contributed by atoms with Gasteiger partial charge in [0.25, 0.3) is 5.91 Å². The summed E-state index contributed by atoms with van der Waals surface area (Å²) in [6.07, 6.45) is 0. The number of anilines is 1. The number of nitrogens with zero attached hydrogens (tertiary/aromatic N) is 2. The Labute approximate surface area is 130 Å². The summed E-state index contributed by atoms with van der Waals surface area (Å²) in [7, 11) is 0. The lowest BCUT2D eigenvalue weighted by Crippen LogP contribution is -2.53. The fourth-order valence-electron chi connectivity index (χ4n) is 2.95. The zero-order valence-corrected chi connectivity index (χ0v) is 12.6. The van der Waals surface area contributed by atoms with Crippen molar-refractivity contribution in [2.75, 3.05) is 24.5 Å². The second-order valence-corrected chi connectivity index (χ2v) is 5.64. The van der Waals surface area contributed by atoms with Crippen LogP contribution in [0.2, 0.25) is 0 Å². The van der Waals surface area contributed by atoms with Crippen LogP contribution in [0.5, 0.6) is 0 Å². The molecule has 2 aromatic carbocycles. The van der Waals surface area contributed by atoms with Gasteiger partial charge in [0.2, 0.25) is 0 Å². The number of piperazine rings is 1. The van der Waals surface area contributed by atoms with E-state index in [-0.39, 0.29) is 17.8 Å². The van der Waals surface area contributed by atoms with Crippen molar-refractivity contribution in [2.24, 2.45) is 0 Å². The molecule has 1 amide bonds. The lowest BCUT2D eigenvalue weighted by molar-refractivity contribution is 0.0726. The highest BCUT2D eigenvalue weighted by Crippen LogP contribution is 2.21. The second kappa shape index (κ2) is 6.18. The smallest absolute Gasteiger partial charge is 0.254 e. The molecular weight excluding hydrogens is 279 g/mol. The van der Waals surface area contributed by atoms with Crippen molar-refractivity contribution >= 4 is 11.6 Å². The minimum absolute atomic E-state index is 0.0981. The van der Waals surface area contributed by atoms with Crippen molar-refractivity contribution in [1.82, 2.24) is 4.90 Å². The molecule has 22 heavy (non-hydrogen) atoms. The molecule has 0 bridgehead atoms. The number of amides is 1. The first-order chi connectivity index (χ1) is 10.6. The quantitative estimate of drug-likeness (QED) is 0.850. The molecule has 2 aromatic rings. The molecule has 1 aliphatic heterocycles. The van der Waals surface area contributed by atoms with Crippen LogP contribution in [0, 0.1) is 5.82 Å². The fraction of sp³-hybridized carbons (Fsp3) is 0.278. The van der Waals surface area contributed by atoms with E-state index >= 15 is 0 Å². The van der Waals surface area contributed by atoms with Crippen LogP contribution in [0.3, 0.4) is 0 Å². The van der Waals surface area contributed by atoms with Crippen LogP contribution in [-0.2, 0) is 0 Å².